The van der Waals surface area contributed by atoms with E-state index in [1.54, 1.807) is 18.2 Å². The van der Waals surface area contributed by atoms with E-state index in [1.807, 2.05) is 30.3 Å². The number of nitrogens with zero attached hydrogens (tertiary/aromatic N) is 1. The van der Waals surface area contributed by atoms with E-state index in [1.165, 1.54) is 37.5 Å². The van der Waals surface area contributed by atoms with Gasteiger partial charge in [-0.2, -0.15) is 5.26 Å². The van der Waals surface area contributed by atoms with Gasteiger partial charge in [0.2, 0.25) is 0 Å². The van der Waals surface area contributed by atoms with E-state index in [0.717, 1.165) is 10.0 Å². The number of carbonyl (C=O) groups excluding carboxylic acids is 1. The Labute approximate surface area is 199 Å². The molecule has 3 aromatic rings. The molecule has 0 atom stereocenters. The van der Waals surface area contributed by atoms with Crippen molar-refractivity contribution in [3.63, 3.8) is 0 Å². The van der Waals surface area contributed by atoms with E-state index < -0.39 is 11.9 Å². The molecule has 8 heteroatoms. The number of hydrogen-bond acceptors (Lipinski definition) is 5. The Bertz CT molecular complexity index is 1250. The van der Waals surface area contributed by atoms with Crippen molar-refractivity contribution >= 4 is 39.6 Å². The molecule has 0 radical (unpaired) electrons. The molecule has 0 saturated carbocycles. The van der Waals surface area contributed by atoms with E-state index in [9.17, 15) is 14.9 Å². The topological polar surface area (TPSA) is 109 Å². The number of aromatic carboxylic acids is 1. The second-order valence-electron chi connectivity index (χ2n) is 6.80. The Morgan fingerprint density at radius 3 is 2.52 bits per heavy atom. The fourth-order valence-corrected chi connectivity index (χ4v) is 3.19. The van der Waals surface area contributed by atoms with Gasteiger partial charge in [-0.3, -0.25) is 4.79 Å². The SMILES string of the molecule is COc1cccc(C=C(C#N)C(=O)Nc2cccc(C(=O)O)c2)c1OCc1ccc(Br)cc1. The zero-order chi connectivity index (χ0) is 23.8. The molecule has 2 N–H and O–H groups in total. The average Bonchev–Trinajstić information content (AvgIpc) is 2.82. The number of hydrogen-bond donors (Lipinski definition) is 2. The van der Waals surface area contributed by atoms with Crippen LogP contribution in [0.5, 0.6) is 11.5 Å². The Hall–Kier alpha value is -4.09. The second-order valence-corrected chi connectivity index (χ2v) is 7.72. The predicted octanol–water partition coefficient (Wildman–Crippen LogP) is 5.28. The molecule has 0 aromatic heterocycles. The molecule has 0 fully saturated rings. The number of carboxylic acids is 1. The third kappa shape index (κ3) is 6.21. The van der Waals surface area contributed by atoms with Crippen molar-refractivity contribution in [1.82, 2.24) is 0 Å². The first-order valence-corrected chi connectivity index (χ1v) is 10.5. The van der Waals surface area contributed by atoms with Gasteiger partial charge in [0.25, 0.3) is 5.91 Å². The molecule has 0 spiro atoms. The normalized spacial score (nSPS) is 10.8. The number of anilines is 1. The van der Waals surface area contributed by atoms with Gasteiger partial charge in [-0.05, 0) is 48.0 Å². The third-order valence-corrected chi connectivity index (χ3v) is 5.09. The smallest absolute Gasteiger partial charge is 0.335 e. The molecular weight excluding hydrogens is 488 g/mol. The van der Waals surface area contributed by atoms with E-state index in [2.05, 4.69) is 21.2 Å². The molecule has 3 rings (SSSR count). The van der Waals surface area contributed by atoms with Gasteiger partial charge in [0.15, 0.2) is 11.5 Å². The standard InChI is InChI=1S/C25H19BrN2O5/c1-32-22-7-3-4-17(23(22)33-15-16-8-10-20(26)11-9-16)12-19(14-27)24(29)28-21-6-2-5-18(13-21)25(30)31/h2-13H,15H2,1H3,(H,28,29)(H,30,31). The van der Waals surface area contributed by atoms with Crippen LogP contribution < -0.4 is 14.8 Å². The summed E-state index contributed by atoms with van der Waals surface area (Å²) in [4.78, 5) is 23.8. The van der Waals surface area contributed by atoms with Crippen molar-refractivity contribution in [3.05, 3.63) is 93.5 Å². The summed E-state index contributed by atoms with van der Waals surface area (Å²) in [5, 5.41) is 21.2. The van der Waals surface area contributed by atoms with Crippen LogP contribution in [0.4, 0.5) is 5.69 Å². The van der Waals surface area contributed by atoms with E-state index in [-0.39, 0.29) is 23.4 Å². The first-order chi connectivity index (χ1) is 15.9. The van der Waals surface area contributed by atoms with Crippen LogP contribution in [0.1, 0.15) is 21.5 Å². The summed E-state index contributed by atoms with van der Waals surface area (Å²) in [6, 6.07) is 20.4. The highest BCUT2D eigenvalue weighted by Crippen LogP contribution is 2.33. The molecule has 1 amide bonds. The fraction of sp³-hybridized carbons (Fsp3) is 0.0800. The van der Waals surface area contributed by atoms with Gasteiger partial charge >= 0.3 is 5.97 Å². The number of rotatable bonds is 8. The molecule has 0 saturated heterocycles. The highest BCUT2D eigenvalue weighted by atomic mass is 79.9. The number of amides is 1. The predicted molar refractivity (Wildman–Crippen MR) is 127 cm³/mol. The summed E-state index contributed by atoms with van der Waals surface area (Å²) in [6.07, 6.45) is 1.40. The Morgan fingerprint density at radius 1 is 1.12 bits per heavy atom. The van der Waals surface area contributed by atoms with Gasteiger partial charge < -0.3 is 19.9 Å². The average molecular weight is 507 g/mol. The summed E-state index contributed by atoms with van der Waals surface area (Å²) in [7, 11) is 1.50. The van der Waals surface area contributed by atoms with Gasteiger partial charge in [-0.15, -0.1) is 0 Å². The van der Waals surface area contributed by atoms with Crippen LogP contribution in [-0.4, -0.2) is 24.1 Å². The summed E-state index contributed by atoms with van der Waals surface area (Å²) in [5.74, 6) is -0.961. The number of para-hydroxylation sites is 1. The monoisotopic (exact) mass is 506 g/mol. The number of benzene rings is 3. The van der Waals surface area contributed by atoms with E-state index >= 15 is 0 Å². The molecule has 0 aliphatic carbocycles. The number of ether oxygens (including phenoxy) is 2. The molecular formula is C25H19BrN2O5. The lowest BCUT2D eigenvalue weighted by Gasteiger charge is -2.14. The van der Waals surface area contributed by atoms with Crippen molar-refractivity contribution < 1.29 is 24.2 Å². The molecule has 0 unspecified atom stereocenters. The molecule has 3 aromatic carbocycles. The van der Waals surface area contributed by atoms with Crippen LogP contribution >= 0.6 is 15.9 Å². The minimum Gasteiger partial charge on any atom is -0.493 e. The van der Waals surface area contributed by atoms with Crippen LogP contribution in [-0.2, 0) is 11.4 Å². The van der Waals surface area contributed by atoms with Gasteiger partial charge in [0, 0.05) is 15.7 Å². The lowest BCUT2D eigenvalue weighted by atomic mass is 10.1. The van der Waals surface area contributed by atoms with Crippen LogP contribution in [0.25, 0.3) is 6.08 Å². The number of halogens is 1. The lowest BCUT2D eigenvalue weighted by Crippen LogP contribution is -2.14. The number of nitrogens with one attached hydrogen (secondary N) is 1. The van der Waals surface area contributed by atoms with E-state index in [4.69, 9.17) is 14.6 Å². The Balaban J connectivity index is 1.87. The quantitative estimate of drug-likeness (QED) is 0.317. The Morgan fingerprint density at radius 2 is 1.85 bits per heavy atom. The molecule has 0 heterocycles. The van der Waals surface area contributed by atoms with Crippen LogP contribution in [0.15, 0.2) is 76.8 Å². The molecule has 166 valence electrons. The molecule has 0 bridgehead atoms. The lowest BCUT2D eigenvalue weighted by molar-refractivity contribution is -0.112. The number of carbonyl (C=O) groups is 2. The van der Waals surface area contributed by atoms with Crippen molar-refractivity contribution in [2.24, 2.45) is 0 Å². The van der Waals surface area contributed by atoms with Crippen molar-refractivity contribution in [2.45, 2.75) is 6.61 Å². The van der Waals surface area contributed by atoms with Crippen LogP contribution in [0.3, 0.4) is 0 Å². The highest BCUT2D eigenvalue weighted by Gasteiger charge is 2.15. The molecule has 7 nitrogen and oxygen atoms in total. The van der Waals surface area contributed by atoms with Crippen molar-refractivity contribution in [3.8, 4) is 17.6 Å². The second kappa shape index (κ2) is 11.0. The molecule has 0 aliphatic heterocycles. The largest absolute Gasteiger partial charge is 0.493 e. The number of carboxylic acid groups (broad SMARTS) is 1. The fourth-order valence-electron chi connectivity index (χ4n) is 2.93. The zero-order valence-corrected chi connectivity index (χ0v) is 19.1. The molecule has 0 aliphatic rings. The Kier molecular flexibility index (Phi) is 7.84. The summed E-state index contributed by atoms with van der Waals surface area (Å²) in [5.41, 5.74) is 1.51. The van der Waals surface area contributed by atoms with E-state index in [0.29, 0.717) is 17.1 Å². The maximum absolute atomic E-state index is 12.7. The number of methoxy groups -OCH3 is 1. The van der Waals surface area contributed by atoms with Gasteiger partial charge in [-0.1, -0.05) is 46.3 Å². The van der Waals surface area contributed by atoms with Gasteiger partial charge in [0.05, 0.1) is 12.7 Å². The van der Waals surface area contributed by atoms with Crippen LogP contribution in [0.2, 0.25) is 0 Å². The minimum atomic E-state index is -1.12. The molecule has 33 heavy (non-hydrogen) atoms. The summed E-state index contributed by atoms with van der Waals surface area (Å²) < 4.78 is 12.3. The number of nitriles is 1. The highest BCUT2D eigenvalue weighted by molar-refractivity contribution is 9.10. The van der Waals surface area contributed by atoms with Gasteiger partial charge in [0.1, 0.15) is 18.2 Å². The maximum Gasteiger partial charge on any atom is 0.335 e. The third-order valence-electron chi connectivity index (χ3n) is 4.56. The first-order valence-electron chi connectivity index (χ1n) is 9.72. The van der Waals surface area contributed by atoms with Gasteiger partial charge in [-0.25, -0.2) is 4.79 Å². The zero-order valence-electron chi connectivity index (χ0n) is 17.5. The minimum absolute atomic E-state index is 0.0201. The first kappa shape index (κ1) is 23.6. The van der Waals surface area contributed by atoms with Crippen LogP contribution in [0, 0.1) is 11.3 Å². The van der Waals surface area contributed by atoms with Crippen molar-refractivity contribution in [2.75, 3.05) is 12.4 Å². The van der Waals surface area contributed by atoms with Crippen molar-refractivity contribution in [1.29, 1.82) is 5.26 Å². The summed E-state index contributed by atoms with van der Waals surface area (Å²) in [6.45, 7) is 0.255. The summed E-state index contributed by atoms with van der Waals surface area (Å²) >= 11 is 3.39. The maximum atomic E-state index is 12.7.